The zero-order valence-corrected chi connectivity index (χ0v) is 13.0. The van der Waals surface area contributed by atoms with Gasteiger partial charge in [-0.2, -0.15) is 0 Å². The Kier molecular flexibility index (Phi) is 5.06. The van der Waals surface area contributed by atoms with E-state index in [0.717, 1.165) is 27.4 Å². The Morgan fingerprint density at radius 3 is 2.89 bits per heavy atom. The van der Waals surface area contributed by atoms with E-state index >= 15 is 0 Å². The van der Waals surface area contributed by atoms with Crippen LogP contribution in [0.3, 0.4) is 0 Å². The molecule has 1 aromatic carbocycles. The van der Waals surface area contributed by atoms with Crippen molar-refractivity contribution in [1.82, 2.24) is 5.32 Å². The lowest BCUT2D eigenvalue weighted by Gasteiger charge is -2.10. The zero-order chi connectivity index (χ0) is 13.0. The summed E-state index contributed by atoms with van der Waals surface area (Å²) in [6.07, 6.45) is 0. The second kappa shape index (κ2) is 6.57. The third-order valence-corrected chi connectivity index (χ3v) is 4.57. The van der Waals surface area contributed by atoms with E-state index in [1.807, 2.05) is 18.2 Å². The summed E-state index contributed by atoms with van der Waals surface area (Å²) in [7, 11) is 1.66. The number of halogens is 2. The molecule has 0 atom stereocenters. The molecule has 2 nitrogen and oxygen atoms in total. The van der Waals surface area contributed by atoms with E-state index in [2.05, 4.69) is 32.7 Å². The van der Waals surface area contributed by atoms with Crippen molar-refractivity contribution in [3.8, 4) is 5.75 Å². The van der Waals surface area contributed by atoms with Crippen LogP contribution in [0.15, 0.2) is 34.1 Å². The molecule has 0 bridgehead atoms. The van der Waals surface area contributed by atoms with Crippen LogP contribution in [-0.4, -0.2) is 7.11 Å². The van der Waals surface area contributed by atoms with Gasteiger partial charge in [0.2, 0.25) is 0 Å². The van der Waals surface area contributed by atoms with Gasteiger partial charge in [-0.15, -0.1) is 11.3 Å². The molecule has 18 heavy (non-hydrogen) atoms. The highest BCUT2D eigenvalue weighted by Crippen LogP contribution is 2.26. The van der Waals surface area contributed by atoms with Crippen LogP contribution >= 0.6 is 38.9 Å². The number of nitrogens with one attached hydrogen (secondary N) is 1. The van der Waals surface area contributed by atoms with Crippen molar-refractivity contribution < 1.29 is 4.74 Å². The smallest absolute Gasteiger partial charge is 0.124 e. The van der Waals surface area contributed by atoms with Gasteiger partial charge in [-0.3, -0.25) is 0 Å². The zero-order valence-electron chi connectivity index (χ0n) is 9.87. The second-order valence-electron chi connectivity index (χ2n) is 3.76. The van der Waals surface area contributed by atoms with Crippen molar-refractivity contribution in [2.24, 2.45) is 0 Å². The normalized spacial score (nSPS) is 10.6. The third kappa shape index (κ3) is 3.48. The SMILES string of the molecule is COc1cccc(Cl)c1CNCc1cc(Br)cs1. The first-order chi connectivity index (χ1) is 8.70. The Labute approximate surface area is 124 Å². The fourth-order valence-corrected chi connectivity index (χ4v) is 3.31. The minimum Gasteiger partial charge on any atom is -0.496 e. The first-order valence-electron chi connectivity index (χ1n) is 5.45. The lowest BCUT2D eigenvalue weighted by atomic mass is 10.2. The van der Waals surface area contributed by atoms with Crippen LogP contribution in [0, 0.1) is 0 Å². The number of benzene rings is 1. The number of ether oxygens (including phenoxy) is 1. The molecule has 0 amide bonds. The number of hydrogen-bond acceptors (Lipinski definition) is 3. The molecule has 0 saturated heterocycles. The summed E-state index contributed by atoms with van der Waals surface area (Å²) >= 11 is 11.3. The first-order valence-corrected chi connectivity index (χ1v) is 7.51. The minimum atomic E-state index is 0.693. The lowest BCUT2D eigenvalue weighted by molar-refractivity contribution is 0.408. The van der Waals surface area contributed by atoms with Crippen LogP contribution in [0.5, 0.6) is 5.75 Å². The standard InChI is InChI=1S/C13H13BrClNOS/c1-17-13-4-2-3-12(15)11(13)7-16-6-10-5-9(14)8-18-10/h2-5,8,16H,6-7H2,1H3. The molecule has 5 heteroatoms. The molecular formula is C13H13BrClNOS. The fourth-order valence-electron chi connectivity index (χ4n) is 1.66. The van der Waals surface area contributed by atoms with E-state index in [1.54, 1.807) is 18.4 Å². The van der Waals surface area contributed by atoms with Crippen molar-refractivity contribution in [3.63, 3.8) is 0 Å². The number of rotatable bonds is 5. The van der Waals surface area contributed by atoms with Crippen LogP contribution in [0.1, 0.15) is 10.4 Å². The van der Waals surface area contributed by atoms with E-state index in [-0.39, 0.29) is 0 Å². The van der Waals surface area contributed by atoms with Gasteiger partial charge < -0.3 is 10.1 Å². The van der Waals surface area contributed by atoms with Crippen molar-refractivity contribution in [3.05, 3.63) is 49.6 Å². The molecule has 0 saturated carbocycles. The van der Waals surface area contributed by atoms with Gasteiger partial charge in [0.05, 0.1) is 7.11 Å². The Morgan fingerprint density at radius 1 is 1.39 bits per heavy atom. The molecule has 2 aromatic rings. The Balaban J connectivity index is 1.98. The molecule has 1 heterocycles. The maximum atomic E-state index is 6.17. The van der Waals surface area contributed by atoms with Crippen molar-refractivity contribution in [2.75, 3.05) is 7.11 Å². The largest absolute Gasteiger partial charge is 0.496 e. The highest BCUT2D eigenvalue weighted by Gasteiger charge is 2.07. The number of methoxy groups -OCH3 is 1. The molecule has 0 unspecified atom stereocenters. The van der Waals surface area contributed by atoms with E-state index in [1.165, 1.54) is 4.88 Å². The van der Waals surface area contributed by atoms with Crippen LogP contribution in [0.2, 0.25) is 5.02 Å². The summed E-state index contributed by atoms with van der Waals surface area (Å²) in [5, 5.41) is 6.18. The number of thiophene rings is 1. The Hall–Kier alpha value is -0.550. The van der Waals surface area contributed by atoms with Crippen LogP contribution < -0.4 is 10.1 Å². The van der Waals surface area contributed by atoms with Crippen LogP contribution in [0.4, 0.5) is 0 Å². The van der Waals surface area contributed by atoms with Gasteiger partial charge in [0.25, 0.3) is 0 Å². The molecule has 1 N–H and O–H groups in total. The fraction of sp³-hybridized carbons (Fsp3) is 0.231. The van der Waals surface area contributed by atoms with Gasteiger partial charge in [-0.25, -0.2) is 0 Å². The molecule has 0 radical (unpaired) electrons. The van der Waals surface area contributed by atoms with Crippen LogP contribution in [-0.2, 0) is 13.1 Å². The van der Waals surface area contributed by atoms with Gasteiger partial charge >= 0.3 is 0 Å². The van der Waals surface area contributed by atoms with Gasteiger partial charge in [0.15, 0.2) is 0 Å². The molecular weight excluding hydrogens is 334 g/mol. The molecule has 1 aromatic heterocycles. The summed E-state index contributed by atoms with van der Waals surface area (Å²) in [6, 6.07) is 7.80. The topological polar surface area (TPSA) is 21.3 Å². The summed E-state index contributed by atoms with van der Waals surface area (Å²) in [5.74, 6) is 0.822. The predicted molar refractivity (Wildman–Crippen MR) is 80.6 cm³/mol. The Bertz CT molecular complexity index is 529. The van der Waals surface area contributed by atoms with Crippen molar-refractivity contribution in [1.29, 1.82) is 0 Å². The first kappa shape index (κ1) is 13.9. The second-order valence-corrected chi connectivity index (χ2v) is 6.07. The van der Waals surface area contributed by atoms with Gasteiger partial charge in [-0.05, 0) is 34.1 Å². The summed E-state index contributed by atoms with van der Waals surface area (Å²) in [5.41, 5.74) is 0.997. The van der Waals surface area contributed by atoms with Gasteiger partial charge in [-0.1, -0.05) is 17.7 Å². The molecule has 0 aliphatic rings. The van der Waals surface area contributed by atoms with Crippen molar-refractivity contribution in [2.45, 2.75) is 13.1 Å². The van der Waals surface area contributed by atoms with E-state index < -0.39 is 0 Å². The highest BCUT2D eigenvalue weighted by atomic mass is 79.9. The highest BCUT2D eigenvalue weighted by molar-refractivity contribution is 9.10. The van der Waals surface area contributed by atoms with Crippen molar-refractivity contribution >= 4 is 38.9 Å². The Morgan fingerprint density at radius 2 is 2.22 bits per heavy atom. The summed E-state index contributed by atoms with van der Waals surface area (Å²) in [4.78, 5) is 1.29. The van der Waals surface area contributed by atoms with Gasteiger partial charge in [0, 0.05) is 38.4 Å². The summed E-state index contributed by atoms with van der Waals surface area (Å²) < 4.78 is 6.43. The molecule has 0 spiro atoms. The minimum absolute atomic E-state index is 0.693. The van der Waals surface area contributed by atoms with E-state index in [4.69, 9.17) is 16.3 Å². The molecule has 0 aliphatic heterocycles. The lowest BCUT2D eigenvalue weighted by Crippen LogP contribution is -2.13. The third-order valence-electron chi connectivity index (χ3n) is 2.52. The molecule has 0 aliphatic carbocycles. The predicted octanol–water partition coefficient (Wildman–Crippen LogP) is 4.46. The van der Waals surface area contributed by atoms with E-state index in [9.17, 15) is 0 Å². The van der Waals surface area contributed by atoms with Crippen LogP contribution in [0.25, 0.3) is 0 Å². The maximum absolute atomic E-state index is 6.17. The molecule has 96 valence electrons. The monoisotopic (exact) mass is 345 g/mol. The average Bonchev–Trinajstić information content (AvgIpc) is 2.77. The molecule has 2 rings (SSSR count). The van der Waals surface area contributed by atoms with Gasteiger partial charge in [0.1, 0.15) is 5.75 Å². The average molecular weight is 347 g/mol. The van der Waals surface area contributed by atoms with E-state index in [0.29, 0.717) is 6.54 Å². The maximum Gasteiger partial charge on any atom is 0.124 e. The quantitative estimate of drug-likeness (QED) is 0.863. The summed E-state index contributed by atoms with van der Waals surface area (Å²) in [6.45, 7) is 1.52. The molecule has 0 fully saturated rings. The number of hydrogen-bond donors (Lipinski definition) is 1.